The minimum absolute atomic E-state index is 0.206. The van der Waals surface area contributed by atoms with Crippen molar-refractivity contribution in [3.05, 3.63) is 51.5 Å². The summed E-state index contributed by atoms with van der Waals surface area (Å²) in [6.07, 6.45) is 3.40. The molecule has 28 heavy (non-hydrogen) atoms. The highest BCUT2D eigenvalue weighted by Gasteiger charge is 2.11. The number of thiazole rings is 1. The van der Waals surface area contributed by atoms with Crippen LogP contribution in [0.25, 0.3) is 16.3 Å². The molecule has 0 saturated heterocycles. The summed E-state index contributed by atoms with van der Waals surface area (Å²) in [5, 5.41) is 1.95. The van der Waals surface area contributed by atoms with E-state index in [1.807, 2.05) is 40.3 Å². The van der Waals surface area contributed by atoms with Crippen molar-refractivity contribution in [3.8, 4) is 5.75 Å². The lowest BCUT2D eigenvalue weighted by molar-refractivity contribution is -0.143. The van der Waals surface area contributed by atoms with Crippen LogP contribution in [-0.2, 0) is 20.9 Å². The number of methoxy groups -OCH3 is 1. The van der Waals surface area contributed by atoms with E-state index in [2.05, 4.69) is 4.99 Å². The minimum Gasteiger partial charge on any atom is -0.497 e. The number of benzene rings is 1. The first kappa shape index (κ1) is 20.0. The third-order valence-electron chi connectivity index (χ3n) is 3.87. The van der Waals surface area contributed by atoms with Crippen molar-refractivity contribution in [2.45, 2.75) is 19.9 Å². The maximum absolute atomic E-state index is 12.3. The number of thiophene rings is 1. The predicted molar refractivity (Wildman–Crippen MR) is 112 cm³/mol. The maximum Gasteiger partial charge on any atom is 0.307 e. The van der Waals surface area contributed by atoms with Crippen LogP contribution in [0.4, 0.5) is 0 Å². The average Bonchev–Trinajstić information content (AvgIpc) is 3.32. The number of esters is 1. The largest absolute Gasteiger partial charge is 0.497 e. The van der Waals surface area contributed by atoms with Crippen molar-refractivity contribution in [3.63, 3.8) is 0 Å². The van der Waals surface area contributed by atoms with Crippen LogP contribution in [0, 0.1) is 0 Å². The van der Waals surface area contributed by atoms with Crippen molar-refractivity contribution in [2.24, 2.45) is 4.99 Å². The van der Waals surface area contributed by atoms with Crippen LogP contribution in [0.2, 0.25) is 0 Å². The summed E-state index contributed by atoms with van der Waals surface area (Å²) in [4.78, 5) is 29.9. The van der Waals surface area contributed by atoms with Gasteiger partial charge in [0.25, 0.3) is 5.91 Å². The molecule has 2 aromatic heterocycles. The summed E-state index contributed by atoms with van der Waals surface area (Å²) in [5.41, 5.74) is 0.892. The SMILES string of the molecule is CCOC(=O)CCn1c(=NC(=O)/C=C/c2cccs2)sc2cc(OC)ccc21. The molecule has 0 aliphatic rings. The summed E-state index contributed by atoms with van der Waals surface area (Å²) in [5.74, 6) is 0.0938. The van der Waals surface area contributed by atoms with Gasteiger partial charge in [-0.1, -0.05) is 17.4 Å². The monoisotopic (exact) mass is 416 g/mol. The number of aromatic nitrogens is 1. The molecule has 0 radical (unpaired) electrons. The molecule has 146 valence electrons. The molecule has 0 saturated carbocycles. The number of hydrogen-bond acceptors (Lipinski definition) is 6. The normalized spacial score (nSPS) is 12.0. The lowest BCUT2D eigenvalue weighted by Gasteiger charge is -2.06. The van der Waals surface area contributed by atoms with Crippen molar-refractivity contribution in [1.29, 1.82) is 0 Å². The lowest BCUT2D eigenvalue weighted by atomic mass is 10.3. The zero-order valence-corrected chi connectivity index (χ0v) is 17.2. The van der Waals surface area contributed by atoms with E-state index in [9.17, 15) is 9.59 Å². The Labute approximate surface area is 170 Å². The molecule has 0 aliphatic carbocycles. The molecule has 0 atom stereocenters. The van der Waals surface area contributed by atoms with E-state index in [1.54, 1.807) is 31.4 Å². The van der Waals surface area contributed by atoms with Gasteiger partial charge in [-0.25, -0.2) is 0 Å². The number of hydrogen-bond donors (Lipinski definition) is 0. The summed E-state index contributed by atoms with van der Waals surface area (Å²) in [7, 11) is 1.60. The Bertz CT molecular complexity index is 1060. The number of ether oxygens (including phenoxy) is 2. The Kier molecular flexibility index (Phi) is 6.78. The van der Waals surface area contributed by atoms with E-state index in [0.29, 0.717) is 18.0 Å². The maximum atomic E-state index is 12.3. The van der Waals surface area contributed by atoms with Crippen molar-refractivity contribution >= 4 is 50.8 Å². The minimum atomic E-state index is -0.350. The second-order valence-electron chi connectivity index (χ2n) is 5.72. The van der Waals surface area contributed by atoms with Crippen molar-refractivity contribution < 1.29 is 19.1 Å². The zero-order chi connectivity index (χ0) is 19.9. The number of amides is 1. The molecule has 0 aliphatic heterocycles. The topological polar surface area (TPSA) is 69.9 Å². The third-order valence-corrected chi connectivity index (χ3v) is 5.75. The van der Waals surface area contributed by atoms with Gasteiger partial charge in [-0.2, -0.15) is 4.99 Å². The van der Waals surface area contributed by atoms with Gasteiger partial charge in [-0.3, -0.25) is 9.59 Å². The molecule has 0 spiro atoms. The van der Waals surface area contributed by atoms with E-state index in [-0.39, 0.29) is 18.3 Å². The number of fused-ring (bicyclic) bond motifs is 1. The van der Waals surface area contributed by atoms with Crippen molar-refractivity contribution in [2.75, 3.05) is 13.7 Å². The molecule has 3 aromatic rings. The Morgan fingerprint density at radius 3 is 2.86 bits per heavy atom. The standard InChI is InChI=1S/C20H20N2O4S2/c1-3-26-19(24)10-11-22-16-8-6-14(25-2)13-17(16)28-20(22)21-18(23)9-7-15-5-4-12-27-15/h4-9,12-13H,3,10-11H2,1-2H3/b9-7+,21-20?. The average molecular weight is 417 g/mol. The fourth-order valence-corrected chi connectivity index (χ4v) is 4.30. The highest BCUT2D eigenvalue weighted by atomic mass is 32.1. The van der Waals surface area contributed by atoms with Crippen LogP contribution in [0.15, 0.2) is 46.8 Å². The molecule has 0 unspecified atom stereocenters. The van der Waals surface area contributed by atoms with E-state index in [4.69, 9.17) is 9.47 Å². The number of aryl methyl sites for hydroxylation is 1. The Morgan fingerprint density at radius 2 is 2.14 bits per heavy atom. The first-order valence-corrected chi connectivity index (χ1v) is 10.4. The van der Waals surface area contributed by atoms with E-state index >= 15 is 0 Å². The molecule has 1 aromatic carbocycles. The Morgan fingerprint density at radius 1 is 1.29 bits per heavy atom. The van der Waals surface area contributed by atoms with Crippen LogP contribution in [0.1, 0.15) is 18.2 Å². The van der Waals surface area contributed by atoms with Gasteiger partial charge in [-0.15, -0.1) is 11.3 Å². The van der Waals surface area contributed by atoms with Gasteiger partial charge in [0, 0.05) is 17.5 Å². The quantitative estimate of drug-likeness (QED) is 0.433. The van der Waals surface area contributed by atoms with E-state index < -0.39 is 0 Å². The van der Waals surface area contributed by atoms with Gasteiger partial charge in [0.1, 0.15) is 5.75 Å². The van der Waals surface area contributed by atoms with Gasteiger partial charge < -0.3 is 14.0 Å². The molecular formula is C20H20N2O4S2. The van der Waals surface area contributed by atoms with Crippen LogP contribution < -0.4 is 9.54 Å². The molecule has 8 heteroatoms. The van der Waals surface area contributed by atoms with Crippen LogP contribution in [0.5, 0.6) is 5.75 Å². The summed E-state index contributed by atoms with van der Waals surface area (Å²) >= 11 is 2.93. The summed E-state index contributed by atoms with van der Waals surface area (Å²) in [6.45, 7) is 2.50. The summed E-state index contributed by atoms with van der Waals surface area (Å²) < 4.78 is 13.1. The fraction of sp³-hybridized carbons (Fsp3) is 0.250. The smallest absolute Gasteiger partial charge is 0.307 e. The highest BCUT2D eigenvalue weighted by molar-refractivity contribution is 7.16. The highest BCUT2D eigenvalue weighted by Crippen LogP contribution is 2.23. The number of carbonyl (C=O) groups is 2. The first-order valence-electron chi connectivity index (χ1n) is 8.74. The molecular weight excluding hydrogens is 396 g/mol. The van der Waals surface area contributed by atoms with E-state index in [0.717, 1.165) is 20.8 Å². The van der Waals surface area contributed by atoms with Gasteiger partial charge in [0.2, 0.25) is 0 Å². The Balaban J connectivity index is 1.95. The summed E-state index contributed by atoms with van der Waals surface area (Å²) in [6, 6.07) is 9.50. The second-order valence-corrected chi connectivity index (χ2v) is 7.71. The third kappa shape index (κ3) is 4.96. The predicted octanol–water partition coefficient (Wildman–Crippen LogP) is 3.87. The molecule has 0 fully saturated rings. The van der Waals surface area contributed by atoms with Gasteiger partial charge in [0.05, 0.1) is 30.4 Å². The fourth-order valence-electron chi connectivity index (χ4n) is 2.59. The first-order chi connectivity index (χ1) is 13.6. The Hall–Kier alpha value is -2.71. The molecule has 6 nitrogen and oxygen atoms in total. The zero-order valence-electron chi connectivity index (χ0n) is 15.6. The molecule has 0 bridgehead atoms. The van der Waals surface area contributed by atoms with Crippen LogP contribution in [-0.4, -0.2) is 30.2 Å². The van der Waals surface area contributed by atoms with E-state index in [1.165, 1.54) is 17.4 Å². The molecule has 0 N–H and O–H groups in total. The molecule has 2 heterocycles. The molecule has 3 rings (SSSR count). The van der Waals surface area contributed by atoms with Gasteiger partial charge in [0.15, 0.2) is 4.80 Å². The second kappa shape index (κ2) is 9.48. The number of nitrogens with zero attached hydrogens (tertiary/aromatic N) is 2. The van der Waals surface area contributed by atoms with Crippen LogP contribution >= 0.6 is 22.7 Å². The number of carbonyl (C=O) groups excluding carboxylic acids is 2. The van der Waals surface area contributed by atoms with Crippen molar-refractivity contribution in [1.82, 2.24) is 4.57 Å². The van der Waals surface area contributed by atoms with Crippen LogP contribution in [0.3, 0.4) is 0 Å². The van der Waals surface area contributed by atoms with Gasteiger partial charge in [-0.05, 0) is 42.6 Å². The molecule has 1 amide bonds. The number of rotatable bonds is 7. The lowest BCUT2D eigenvalue weighted by Crippen LogP contribution is -2.19. The van der Waals surface area contributed by atoms with Gasteiger partial charge >= 0.3 is 5.97 Å².